The van der Waals surface area contributed by atoms with Gasteiger partial charge in [-0.2, -0.15) is 0 Å². The molecule has 0 saturated heterocycles. The number of carbonyl (C=O) groups excluding carboxylic acids is 1. The van der Waals surface area contributed by atoms with Crippen molar-refractivity contribution in [2.75, 3.05) is 13.1 Å². The van der Waals surface area contributed by atoms with Crippen LogP contribution in [0.2, 0.25) is 0 Å². The average Bonchev–Trinajstić information content (AvgIpc) is 2.96. The van der Waals surface area contributed by atoms with E-state index in [0.717, 1.165) is 17.0 Å². The largest absolute Gasteiger partial charge is 0.350 e. The number of hydrogen-bond acceptors (Lipinski definition) is 3. The number of carbonyl (C=O) groups is 1. The molecule has 3 nitrogen and oxygen atoms in total. The van der Waals surface area contributed by atoms with Crippen LogP contribution in [0, 0.1) is 5.82 Å². The molecule has 2 N–H and O–H groups in total. The Hall–Kier alpha value is -1.72. The monoisotopic (exact) mass is 306 g/mol. The molecule has 1 amide bonds. The minimum atomic E-state index is -0.259. The van der Waals surface area contributed by atoms with E-state index in [1.165, 1.54) is 23.5 Å². The predicted octanol–water partition coefficient (Wildman–Crippen LogP) is 3.28. The zero-order valence-electron chi connectivity index (χ0n) is 12.2. The van der Waals surface area contributed by atoms with E-state index in [1.807, 2.05) is 19.9 Å². The standard InChI is InChI=1S/C16H19FN2OS/c1-3-18-11(2)10-19-16(20)15-9-8-14(21-15)12-4-6-13(17)7-5-12/h4-9,11,18H,3,10H2,1-2H3,(H,19,20)/t11-/m1/s1. The lowest BCUT2D eigenvalue weighted by Gasteiger charge is -2.12. The maximum absolute atomic E-state index is 12.9. The number of thiophene rings is 1. The van der Waals surface area contributed by atoms with Gasteiger partial charge in [-0.1, -0.05) is 19.1 Å². The molecular weight excluding hydrogens is 287 g/mol. The van der Waals surface area contributed by atoms with Gasteiger partial charge in [0, 0.05) is 17.5 Å². The molecule has 112 valence electrons. The fourth-order valence-electron chi connectivity index (χ4n) is 1.98. The lowest BCUT2D eigenvalue weighted by atomic mass is 10.2. The van der Waals surface area contributed by atoms with E-state index in [0.29, 0.717) is 11.4 Å². The first-order chi connectivity index (χ1) is 10.1. The summed E-state index contributed by atoms with van der Waals surface area (Å²) < 4.78 is 12.9. The van der Waals surface area contributed by atoms with Gasteiger partial charge in [0.05, 0.1) is 4.88 Å². The van der Waals surface area contributed by atoms with Crippen molar-refractivity contribution in [3.63, 3.8) is 0 Å². The van der Waals surface area contributed by atoms with Gasteiger partial charge in [-0.05, 0) is 43.3 Å². The summed E-state index contributed by atoms with van der Waals surface area (Å²) in [4.78, 5) is 13.7. The molecule has 0 unspecified atom stereocenters. The van der Waals surface area contributed by atoms with Crippen molar-refractivity contribution in [1.29, 1.82) is 0 Å². The summed E-state index contributed by atoms with van der Waals surface area (Å²) in [5.74, 6) is -0.330. The average molecular weight is 306 g/mol. The van der Waals surface area contributed by atoms with E-state index in [2.05, 4.69) is 10.6 Å². The third-order valence-electron chi connectivity index (χ3n) is 3.08. The Labute approximate surface area is 128 Å². The van der Waals surface area contributed by atoms with Crippen LogP contribution in [0.5, 0.6) is 0 Å². The van der Waals surface area contributed by atoms with E-state index >= 15 is 0 Å². The topological polar surface area (TPSA) is 41.1 Å². The Morgan fingerprint density at radius 3 is 2.62 bits per heavy atom. The molecule has 1 atom stereocenters. The molecule has 0 bridgehead atoms. The van der Waals surface area contributed by atoms with E-state index < -0.39 is 0 Å². The summed E-state index contributed by atoms with van der Waals surface area (Å²) in [7, 11) is 0. The Bertz CT molecular complexity index is 595. The van der Waals surface area contributed by atoms with Gasteiger partial charge in [-0.25, -0.2) is 4.39 Å². The highest BCUT2D eigenvalue weighted by molar-refractivity contribution is 7.17. The van der Waals surface area contributed by atoms with Gasteiger partial charge in [0.15, 0.2) is 0 Å². The number of halogens is 1. The zero-order chi connectivity index (χ0) is 15.2. The van der Waals surface area contributed by atoms with Crippen molar-refractivity contribution in [2.45, 2.75) is 19.9 Å². The molecule has 0 aliphatic carbocycles. The first-order valence-electron chi connectivity index (χ1n) is 6.97. The van der Waals surface area contributed by atoms with Crippen molar-refractivity contribution in [2.24, 2.45) is 0 Å². The molecule has 1 heterocycles. The second-order valence-electron chi connectivity index (χ2n) is 4.84. The van der Waals surface area contributed by atoms with E-state index in [9.17, 15) is 9.18 Å². The second kappa shape index (κ2) is 7.33. The van der Waals surface area contributed by atoms with Crippen molar-refractivity contribution in [1.82, 2.24) is 10.6 Å². The predicted molar refractivity (Wildman–Crippen MR) is 85.2 cm³/mol. The number of likely N-dealkylation sites (N-methyl/N-ethyl adjacent to an activating group) is 1. The number of hydrogen-bond donors (Lipinski definition) is 2. The van der Waals surface area contributed by atoms with E-state index in [-0.39, 0.29) is 17.8 Å². The van der Waals surface area contributed by atoms with Crippen LogP contribution in [0.3, 0.4) is 0 Å². The lowest BCUT2D eigenvalue weighted by Crippen LogP contribution is -2.38. The minimum Gasteiger partial charge on any atom is -0.350 e. The van der Waals surface area contributed by atoms with Gasteiger partial charge in [-0.15, -0.1) is 11.3 Å². The summed E-state index contributed by atoms with van der Waals surface area (Å²) >= 11 is 1.41. The second-order valence-corrected chi connectivity index (χ2v) is 5.92. The highest BCUT2D eigenvalue weighted by Crippen LogP contribution is 2.28. The molecule has 21 heavy (non-hydrogen) atoms. The quantitative estimate of drug-likeness (QED) is 0.860. The molecule has 0 fully saturated rings. The van der Waals surface area contributed by atoms with Crippen LogP contribution in [0.4, 0.5) is 4.39 Å². The van der Waals surface area contributed by atoms with Crippen LogP contribution in [0.25, 0.3) is 10.4 Å². The van der Waals surface area contributed by atoms with Crippen LogP contribution >= 0.6 is 11.3 Å². The summed E-state index contributed by atoms with van der Waals surface area (Å²) in [6.45, 7) is 5.54. The van der Waals surface area contributed by atoms with E-state index in [4.69, 9.17) is 0 Å². The molecule has 1 aromatic heterocycles. The molecule has 5 heteroatoms. The first kappa shape index (κ1) is 15.7. The maximum atomic E-state index is 12.9. The van der Waals surface area contributed by atoms with Gasteiger partial charge >= 0.3 is 0 Å². The molecule has 0 radical (unpaired) electrons. The first-order valence-corrected chi connectivity index (χ1v) is 7.79. The van der Waals surface area contributed by atoms with Gasteiger partial charge in [0.25, 0.3) is 5.91 Å². The summed E-state index contributed by atoms with van der Waals surface area (Å²) in [5, 5.41) is 6.15. The SMILES string of the molecule is CCN[C@H](C)CNC(=O)c1ccc(-c2ccc(F)cc2)s1. The third kappa shape index (κ3) is 4.37. The van der Waals surface area contributed by atoms with Crippen molar-refractivity contribution in [3.05, 3.63) is 47.1 Å². The van der Waals surface area contributed by atoms with Gasteiger partial charge in [0.2, 0.25) is 0 Å². The summed E-state index contributed by atoms with van der Waals surface area (Å²) in [5.41, 5.74) is 0.918. The number of nitrogens with one attached hydrogen (secondary N) is 2. The van der Waals surface area contributed by atoms with Crippen molar-refractivity contribution in [3.8, 4) is 10.4 Å². The number of amides is 1. The zero-order valence-corrected chi connectivity index (χ0v) is 13.0. The van der Waals surface area contributed by atoms with Gasteiger partial charge < -0.3 is 10.6 Å². The van der Waals surface area contributed by atoms with Crippen LogP contribution in [0.15, 0.2) is 36.4 Å². The van der Waals surface area contributed by atoms with Crippen LogP contribution in [-0.4, -0.2) is 25.0 Å². The Balaban J connectivity index is 1.99. The number of benzene rings is 1. The van der Waals surface area contributed by atoms with Crippen LogP contribution < -0.4 is 10.6 Å². The van der Waals surface area contributed by atoms with Crippen molar-refractivity contribution < 1.29 is 9.18 Å². The Morgan fingerprint density at radius 2 is 1.95 bits per heavy atom. The maximum Gasteiger partial charge on any atom is 0.261 e. The minimum absolute atomic E-state index is 0.0712. The molecular formula is C16H19FN2OS. The van der Waals surface area contributed by atoms with Crippen LogP contribution in [0.1, 0.15) is 23.5 Å². The molecule has 0 aliphatic rings. The smallest absolute Gasteiger partial charge is 0.261 e. The summed E-state index contributed by atoms with van der Waals surface area (Å²) in [6, 6.07) is 10.2. The van der Waals surface area contributed by atoms with Crippen LogP contribution in [-0.2, 0) is 0 Å². The highest BCUT2D eigenvalue weighted by atomic mass is 32.1. The lowest BCUT2D eigenvalue weighted by molar-refractivity contribution is 0.0954. The third-order valence-corrected chi connectivity index (χ3v) is 4.21. The normalized spacial score (nSPS) is 12.1. The fourth-order valence-corrected chi connectivity index (χ4v) is 2.91. The molecule has 2 aromatic rings. The number of rotatable bonds is 6. The van der Waals surface area contributed by atoms with Gasteiger partial charge in [0.1, 0.15) is 5.82 Å². The van der Waals surface area contributed by atoms with Crippen molar-refractivity contribution >= 4 is 17.2 Å². The molecule has 1 aromatic carbocycles. The Morgan fingerprint density at radius 1 is 1.24 bits per heavy atom. The van der Waals surface area contributed by atoms with Gasteiger partial charge in [-0.3, -0.25) is 4.79 Å². The fraction of sp³-hybridized carbons (Fsp3) is 0.312. The van der Waals surface area contributed by atoms with E-state index in [1.54, 1.807) is 18.2 Å². The molecule has 0 aliphatic heterocycles. The molecule has 0 spiro atoms. The molecule has 0 saturated carbocycles. The summed E-state index contributed by atoms with van der Waals surface area (Å²) in [6.07, 6.45) is 0. The molecule has 2 rings (SSSR count). The Kier molecular flexibility index (Phi) is 5.47. The highest BCUT2D eigenvalue weighted by Gasteiger charge is 2.11.